The van der Waals surface area contributed by atoms with Crippen LogP contribution in [0.4, 0.5) is 16.1 Å². The normalized spacial score (nSPS) is 12.4. The Morgan fingerprint density at radius 2 is 2.15 bits per heavy atom. The third-order valence-corrected chi connectivity index (χ3v) is 3.02. The monoisotopic (exact) mass is 278 g/mol. The fraction of sp³-hybridized carbons (Fsp3) is 0.429. The van der Waals surface area contributed by atoms with Crippen LogP contribution in [-0.2, 0) is 0 Å². The van der Waals surface area contributed by atoms with Crippen molar-refractivity contribution in [1.82, 2.24) is 15.5 Å². The molecule has 0 radical (unpaired) electrons. The average Bonchev–Trinajstić information content (AvgIpc) is 2.90. The Balaban J connectivity index is 2.07. The van der Waals surface area contributed by atoms with E-state index in [1.165, 1.54) is 6.07 Å². The van der Waals surface area contributed by atoms with Gasteiger partial charge in [0.2, 0.25) is 5.89 Å². The van der Waals surface area contributed by atoms with E-state index in [0.29, 0.717) is 17.1 Å². The van der Waals surface area contributed by atoms with Crippen molar-refractivity contribution >= 4 is 11.7 Å². The van der Waals surface area contributed by atoms with Crippen LogP contribution in [0, 0.1) is 12.7 Å². The van der Waals surface area contributed by atoms with Crippen LogP contribution in [-0.4, -0.2) is 16.7 Å². The lowest BCUT2D eigenvalue weighted by Gasteiger charge is -2.08. The number of halogens is 1. The molecule has 0 amide bonds. The van der Waals surface area contributed by atoms with Crippen molar-refractivity contribution in [3.8, 4) is 0 Å². The molecule has 2 rings (SSSR count). The molecule has 0 bridgehead atoms. The maximum atomic E-state index is 13.4. The zero-order valence-corrected chi connectivity index (χ0v) is 11.9. The Kier molecular flexibility index (Phi) is 4.68. The Labute approximate surface area is 117 Å². The Hall–Kier alpha value is -1.95. The van der Waals surface area contributed by atoms with Crippen molar-refractivity contribution in [1.29, 1.82) is 0 Å². The molecule has 0 saturated carbocycles. The fourth-order valence-electron chi connectivity index (χ4n) is 1.77. The maximum absolute atomic E-state index is 13.4. The lowest BCUT2D eigenvalue weighted by Crippen LogP contribution is -2.19. The number of aromatic nitrogens is 2. The minimum atomic E-state index is -0.271. The fourth-order valence-corrected chi connectivity index (χ4v) is 1.77. The molecule has 1 atom stereocenters. The van der Waals surface area contributed by atoms with Gasteiger partial charge < -0.3 is 15.1 Å². The molecule has 1 aromatic carbocycles. The zero-order valence-electron chi connectivity index (χ0n) is 11.9. The van der Waals surface area contributed by atoms with Crippen LogP contribution >= 0.6 is 0 Å². The van der Waals surface area contributed by atoms with E-state index in [2.05, 4.69) is 27.8 Å². The molecule has 2 aromatic rings. The summed E-state index contributed by atoms with van der Waals surface area (Å²) in [7, 11) is 0. The van der Waals surface area contributed by atoms with E-state index in [0.717, 1.165) is 13.0 Å². The van der Waals surface area contributed by atoms with E-state index in [9.17, 15) is 4.39 Å². The summed E-state index contributed by atoms with van der Waals surface area (Å²) in [6, 6.07) is 5.07. The number of rotatable bonds is 6. The van der Waals surface area contributed by atoms with Crippen LogP contribution in [0.1, 0.15) is 37.8 Å². The van der Waals surface area contributed by atoms with Crippen molar-refractivity contribution in [2.45, 2.75) is 33.2 Å². The number of nitrogens with zero attached hydrogens (tertiary/aromatic N) is 2. The van der Waals surface area contributed by atoms with E-state index in [4.69, 9.17) is 4.42 Å². The molecular weight excluding hydrogens is 259 g/mol. The third-order valence-electron chi connectivity index (χ3n) is 3.02. The molecule has 0 aliphatic heterocycles. The first-order valence-corrected chi connectivity index (χ1v) is 6.70. The Morgan fingerprint density at radius 3 is 2.90 bits per heavy atom. The van der Waals surface area contributed by atoms with Gasteiger partial charge in [-0.3, -0.25) is 0 Å². The standard InChI is InChI=1S/C14H19FN4O/c1-4-8-16-10(3)13-18-19-14(20-13)17-12-7-5-6-11(15)9(12)2/h5-7,10,16H,4,8H2,1-3H3,(H,17,19). The predicted molar refractivity (Wildman–Crippen MR) is 75.4 cm³/mol. The van der Waals surface area contributed by atoms with Crippen LogP contribution in [0.5, 0.6) is 0 Å². The van der Waals surface area contributed by atoms with Crippen LogP contribution in [0.2, 0.25) is 0 Å². The highest BCUT2D eigenvalue weighted by molar-refractivity contribution is 5.57. The van der Waals surface area contributed by atoms with Gasteiger partial charge in [-0.25, -0.2) is 4.39 Å². The average molecular weight is 278 g/mol. The van der Waals surface area contributed by atoms with E-state index >= 15 is 0 Å². The number of benzene rings is 1. The van der Waals surface area contributed by atoms with Gasteiger partial charge in [0.05, 0.1) is 6.04 Å². The minimum absolute atomic E-state index is 0.00777. The lowest BCUT2D eigenvalue weighted by molar-refractivity contribution is 0.424. The molecule has 0 fully saturated rings. The first-order valence-electron chi connectivity index (χ1n) is 6.70. The van der Waals surface area contributed by atoms with Crippen LogP contribution in [0.3, 0.4) is 0 Å². The molecule has 0 aliphatic carbocycles. The highest BCUT2D eigenvalue weighted by Gasteiger charge is 2.14. The van der Waals surface area contributed by atoms with Crippen molar-refractivity contribution in [2.75, 3.05) is 11.9 Å². The molecule has 0 spiro atoms. The number of nitrogens with one attached hydrogen (secondary N) is 2. The smallest absolute Gasteiger partial charge is 0.320 e. The van der Waals surface area contributed by atoms with Crippen molar-refractivity contribution < 1.29 is 8.81 Å². The largest absolute Gasteiger partial charge is 0.406 e. The first kappa shape index (κ1) is 14.5. The van der Waals surface area contributed by atoms with Gasteiger partial charge >= 0.3 is 6.01 Å². The summed E-state index contributed by atoms with van der Waals surface area (Å²) in [6.45, 7) is 6.63. The van der Waals surface area contributed by atoms with E-state index in [1.54, 1.807) is 19.1 Å². The van der Waals surface area contributed by atoms with Crippen molar-refractivity contribution in [3.63, 3.8) is 0 Å². The van der Waals surface area contributed by atoms with Crippen LogP contribution < -0.4 is 10.6 Å². The van der Waals surface area contributed by atoms with Crippen molar-refractivity contribution in [3.05, 3.63) is 35.5 Å². The molecule has 0 aliphatic rings. The molecular formula is C14H19FN4O. The molecule has 108 valence electrons. The summed E-state index contributed by atoms with van der Waals surface area (Å²) in [5.41, 5.74) is 1.14. The van der Waals surface area contributed by atoms with Gasteiger partial charge in [0, 0.05) is 11.3 Å². The predicted octanol–water partition coefficient (Wildman–Crippen LogP) is 3.32. The van der Waals surface area contributed by atoms with Gasteiger partial charge in [0.15, 0.2) is 0 Å². The second kappa shape index (κ2) is 6.47. The molecule has 5 nitrogen and oxygen atoms in total. The quantitative estimate of drug-likeness (QED) is 0.848. The molecule has 1 unspecified atom stereocenters. The number of anilines is 2. The van der Waals surface area contributed by atoms with Crippen LogP contribution in [0.25, 0.3) is 0 Å². The van der Waals surface area contributed by atoms with Crippen molar-refractivity contribution in [2.24, 2.45) is 0 Å². The number of hydrogen-bond donors (Lipinski definition) is 2. The zero-order chi connectivity index (χ0) is 14.5. The molecule has 1 heterocycles. The first-order chi connectivity index (χ1) is 9.61. The lowest BCUT2D eigenvalue weighted by atomic mass is 10.2. The number of hydrogen-bond acceptors (Lipinski definition) is 5. The van der Waals surface area contributed by atoms with Gasteiger partial charge in [0.1, 0.15) is 5.82 Å². The summed E-state index contributed by atoms with van der Waals surface area (Å²) < 4.78 is 19.0. The van der Waals surface area contributed by atoms with Gasteiger partial charge in [0.25, 0.3) is 0 Å². The highest BCUT2D eigenvalue weighted by Crippen LogP contribution is 2.22. The summed E-state index contributed by atoms with van der Waals surface area (Å²) in [6.07, 6.45) is 1.03. The topological polar surface area (TPSA) is 63.0 Å². The van der Waals surface area contributed by atoms with Gasteiger partial charge in [-0.15, -0.1) is 5.10 Å². The SMILES string of the molecule is CCCNC(C)c1nnc(Nc2cccc(F)c2C)o1. The second-order valence-corrected chi connectivity index (χ2v) is 4.66. The van der Waals surface area contributed by atoms with Gasteiger partial charge in [-0.1, -0.05) is 18.1 Å². The van der Waals surface area contributed by atoms with Crippen LogP contribution in [0.15, 0.2) is 22.6 Å². The minimum Gasteiger partial charge on any atom is -0.406 e. The Bertz CT molecular complexity index is 570. The van der Waals surface area contributed by atoms with Gasteiger partial charge in [-0.2, -0.15) is 0 Å². The Morgan fingerprint density at radius 1 is 1.35 bits per heavy atom. The van der Waals surface area contributed by atoms with E-state index in [-0.39, 0.29) is 17.9 Å². The third kappa shape index (κ3) is 3.33. The summed E-state index contributed by atoms with van der Waals surface area (Å²) in [5.74, 6) is 0.239. The molecule has 6 heteroatoms. The highest BCUT2D eigenvalue weighted by atomic mass is 19.1. The van der Waals surface area contributed by atoms with Gasteiger partial charge in [-0.05, 0) is 38.9 Å². The van der Waals surface area contributed by atoms with E-state index < -0.39 is 0 Å². The molecule has 20 heavy (non-hydrogen) atoms. The van der Waals surface area contributed by atoms with E-state index in [1.807, 2.05) is 6.92 Å². The molecule has 2 N–H and O–H groups in total. The summed E-state index contributed by atoms with van der Waals surface area (Å²) >= 11 is 0. The molecule has 0 saturated heterocycles. The summed E-state index contributed by atoms with van der Waals surface area (Å²) in [5, 5.41) is 14.1. The maximum Gasteiger partial charge on any atom is 0.320 e. The summed E-state index contributed by atoms with van der Waals surface area (Å²) in [4.78, 5) is 0. The molecule has 1 aromatic heterocycles. The second-order valence-electron chi connectivity index (χ2n) is 4.66.